The summed E-state index contributed by atoms with van der Waals surface area (Å²) in [5.74, 6) is 0.956. The number of benzene rings is 1. The number of hydrogen-bond acceptors (Lipinski definition) is 3. The van der Waals surface area contributed by atoms with Gasteiger partial charge in [0.25, 0.3) is 0 Å². The third kappa shape index (κ3) is 2.56. The molecule has 0 saturated carbocycles. The predicted molar refractivity (Wildman–Crippen MR) is 79.0 cm³/mol. The summed E-state index contributed by atoms with van der Waals surface area (Å²) in [6, 6.07) is 6.69. The molecule has 1 N–H and O–H groups in total. The lowest BCUT2D eigenvalue weighted by Crippen LogP contribution is -2.40. The highest BCUT2D eigenvalue weighted by Gasteiger charge is 2.39. The highest BCUT2D eigenvalue weighted by Crippen LogP contribution is 2.40. The number of rotatable bonds is 3. The van der Waals surface area contributed by atoms with Crippen LogP contribution in [-0.2, 0) is 4.79 Å². The maximum absolute atomic E-state index is 14.0. The standard InChI is InChI=1S/C15H19FN2OS/c1-15(7-4-8-20-15)10-18-13(19)9-17-14(18)11-5-2-3-6-12(11)16/h2-3,5-6,14,17H,4,7-10H2,1H3. The average Bonchev–Trinajstić information content (AvgIpc) is 2.99. The highest BCUT2D eigenvalue weighted by molar-refractivity contribution is 8.00. The molecule has 108 valence electrons. The summed E-state index contributed by atoms with van der Waals surface area (Å²) in [6.45, 7) is 3.18. The minimum absolute atomic E-state index is 0.0620. The summed E-state index contributed by atoms with van der Waals surface area (Å²) in [6.07, 6.45) is 1.98. The van der Waals surface area contributed by atoms with Crippen LogP contribution in [0.15, 0.2) is 24.3 Å². The summed E-state index contributed by atoms with van der Waals surface area (Å²) in [5, 5.41) is 3.13. The summed E-state index contributed by atoms with van der Waals surface area (Å²) in [7, 11) is 0. The van der Waals surface area contributed by atoms with Gasteiger partial charge in [-0.25, -0.2) is 4.39 Å². The molecule has 2 aliphatic heterocycles. The van der Waals surface area contributed by atoms with Gasteiger partial charge in [-0.05, 0) is 31.6 Å². The van der Waals surface area contributed by atoms with E-state index >= 15 is 0 Å². The Morgan fingerprint density at radius 3 is 3.00 bits per heavy atom. The van der Waals surface area contributed by atoms with E-state index in [1.807, 2.05) is 17.8 Å². The van der Waals surface area contributed by atoms with Crippen LogP contribution in [0.2, 0.25) is 0 Å². The van der Waals surface area contributed by atoms with Gasteiger partial charge in [0, 0.05) is 16.9 Å². The van der Waals surface area contributed by atoms with E-state index in [0.717, 1.165) is 12.2 Å². The molecular formula is C15H19FN2OS. The van der Waals surface area contributed by atoms with E-state index in [4.69, 9.17) is 0 Å². The first kappa shape index (κ1) is 13.9. The van der Waals surface area contributed by atoms with Crippen molar-refractivity contribution in [2.75, 3.05) is 18.8 Å². The maximum Gasteiger partial charge on any atom is 0.238 e. The summed E-state index contributed by atoms with van der Waals surface area (Å²) >= 11 is 1.92. The summed E-state index contributed by atoms with van der Waals surface area (Å²) in [5.41, 5.74) is 0.560. The monoisotopic (exact) mass is 294 g/mol. The van der Waals surface area contributed by atoms with E-state index < -0.39 is 0 Å². The number of carbonyl (C=O) groups excluding carboxylic acids is 1. The first-order chi connectivity index (χ1) is 9.59. The van der Waals surface area contributed by atoms with Crippen LogP contribution < -0.4 is 5.32 Å². The van der Waals surface area contributed by atoms with Crippen molar-refractivity contribution < 1.29 is 9.18 Å². The molecule has 2 aliphatic rings. The quantitative estimate of drug-likeness (QED) is 0.930. The molecule has 3 nitrogen and oxygen atoms in total. The molecule has 0 bridgehead atoms. The highest BCUT2D eigenvalue weighted by atomic mass is 32.2. The average molecular weight is 294 g/mol. The molecule has 0 aliphatic carbocycles. The largest absolute Gasteiger partial charge is 0.320 e. The second kappa shape index (κ2) is 5.37. The number of halogens is 1. The van der Waals surface area contributed by atoms with Crippen LogP contribution in [0.4, 0.5) is 4.39 Å². The van der Waals surface area contributed by atoms with Crippen molar-refractivity contribution in [1.82, 2.24) is 10.2 Å². The first-order valence-corrected chi connectivity index (χ1v) is 7.99. The van der Waals surface area contributed by atoms with Crippen LogP contribution in [0, 0.1) is 5.82 Å². The zero-order valence-corrected chi connectivity index (χ0v) is 12.4. The van der Waals surface area contributed by atoms with Gasteiger partial charge in [0.05, 0.1) is 6.54 Å². The molecule has 1 amide bonds. The Balaban J connectivity index is 1.84. The molecule has 2 fully saturated rings. The van der Waals surface area contributed by atoms with Crippen LogP contribution in [-0.4, -0.2) is 34.4 Å². The number of amides is 1. The van der Waals surface area contributed by atoms with Crippen LogP contribution in [0.25, 0.3) is 0 Å². The number of nitrogens with one attached hydrogen (secondary N) is 1. The third-order valence-corrected chi connectivity index (χ3v) is 5.61. The Labute approximate surface area is 122 Å². The second-order valence-corrected chi connectivity index (χ2v) is 7.41. The topological polar surface area (TPSA) is 32.3 Å². The van der Waals surface area contributed by atoms with Gasteiger partial charge >= 0.3 is 0 Å². The minimum Gasteiger partial charge on any atom is -0.320 e. The summed E-state index contributed by atoms with van der Waals surface area (Å²) in [4.78, 5) is 13.9. The molecular weight excluding hydrogens is 275 g/mol. The van der Waals surface area contributed by atoms with Crippen molar-refractivity contribution in [3.8, 4) is 0 Å². The molecule has 0 aromatic heterocycles. The molecule has 3 rings (SSSR count). The van der Waals surface area contributed by atoms with E-state index in [1.165, 1.54) is 12.5 Å². The fraction of sp³-hybridized carbons (Fsp3) is 0.533. The molecule has 2 saturated heterocycles. The molecule has 1 aromatic rings. The lowest BCUT2D eigenvalue weighted by molar-refractivity contribution is -0.128. The van der Waals surface area contributed by atoms with Crippen LogP contribution in [0.5, 0.6) is 0 Å². The number of nitrogens with zero attached hydrogens (tertiary/aromatic N) is 1. The van der Waals surface area contributed by atoms with Crippen molar-refractivity contribution in [3.05, 3.63) is 35.6 Å². The zero-order chi connectivity index (χ0) is 14.2. The minimum atomic E-state index is -0.332. The lowest BCUT2D eigenvalue weighted by Gasteiger charge is -2.33. The van der Waals surface area contributed by atoms with Crippen molar-refractivity contribution in [2.45, 2.75) is 30.7 Å². The van der Waals surface area contributed by atoms with E-state index in [2.05, 4.69) is 12.2 Å². The number of thioether (sulfide) groups is 1. The molecule has 0 spiro atoms. The third-order valence-electron chi connectivity index (χ3n) is 4.08. The Hall–Kier alpha value is -1.07. The normalized spacial score (nSPS) is 30.2. The van der Waals surface area contributed by atoms with Gasteiger partial charge in [0.1, 0.15) is 12.0 Å². The van der Waals surface area contributed by atoms with Gasteiger partial charge in [-0.15, -0.1) is 0 Å². The first-order valence-electron chi connectivity index (χ1n) is 7.00. The molecule has 2 unspecified atom stereocenters. The molecule has 1 aromatic carbocycles. The van der Waals surface area contributed by atoms with E-state index in [0.29, 0.717) is 18.7 Å². The van der Waals surface area contributed by atoms with Gasteiger partial charge in [-0.1, -0.05) is 18.2 Å². The van der Waals surface area contributed by atoms with E-state index in [1.54, 1.807) is 17.0 Å². The molecule has 20 heavy (non-hydrogen) atoms. The predicted octanol–water partition coefficient (Wildman–Crippen LogP) is 2.54. The van der Waals surface area contributed by atoms with Crippen LogP contribution in [0.1, 0.15) is 31.5 Å². The summed E-state index contributed by atoms with van der Waals surface area (Å²) < 4.78 is 14.1. The van der Waals surface area contributed by atoms with Crippen molar-refractivity contribution in [3.63, 3.8) is 0 Å². The van der Waals surface area contributed by atoms with E-state index in [9.17, 15) is 9.18 Å². The smallest absolute Gasteiger partial charge is 0.238 e. The van der Waals surface area contributed by atoms with Gasteiger partial charge in [0.15, 0.2) is 0 Å². The maximum atomic E-state index is 14.0. The van der Waals surface area contributed by atoms with Crippen molar-refractivity contribution in [1.29, 1.82) is 0 Å². The number of carbonyl (C=O) groups is 1. The van der Waals surface area contributed by atoms with Crippen molar-refractivity contribution >= 4 is 17.7 Å². The van der Waals surface area contributed by atoms with Crippen molar-refractivity contribution in [2.24, 2.45) is 0 Å². The fourth-order valence-corrected chi connectivity index (χ4v) is 4.32. The molecule has 5 heteroatoms. The van der Waals surface area contributed by atoms with Gasteiger partial charge < -0.3 is 4.90 Å². The Morgan fingerprint density at radius 2 is 2.30 bits per heavy atom. The van der Waals surface area contributed by atoms with Crippen LogP contribution in [0.3, 0.4) is 0 Å². The molecule has 0 radical (unpaired) electrons. The Kier molecular flexibility index (Phi) is 3.73. The van der Waals surface area contributed by atoms with E-state index in [-0.39, 0.29) is 22.6 Å². The lowest BCUT2D eigenvalue weighted by atomic mass is 10.0. The van der Waals surface area contributed by atoms with Gasteiger partial charge in [-0.2, -0.15) is 11.8 Å². The fourth-order valence-electron chi connectivity index (χ4n) is 3.02. The Bertz CT molecular complexity index is 516. The van der Waals surface area contributed by atoms with Gasteiger partial charge in [-0.3, -0.25) is 10.1 Å². The second-order valence-electron chi connectivity index (χ2n) is 5.73. The van der Waals surface area contributed by atoms with Gasteiger partial charge in [0.2, 0.25) is 5.91 Å². The van der Waals surface area contributed by atoms with Crippen LogP contribution >= 0.6 is 11.8 Å². The molecule has 2 heterocycles. The molecule has 2 atom stereocenters. The zero-order valence-electron chi connectivity index (χ0n) is 11.6. The SMILES string of the molecule is CC1(CN2C(=O)CNC2c2ccccc2F)CCCS1. The number of hydrogen-bond donors (Lipinski definition) is 1. The Morgan fingerprint density at radius 1 is 1.50 bits per heavy atom.